The number of carbonyl (C=O) groups is 2. The van der Waals surface area contributed by atoms with E-state index in [1.54, 1.807) is 0 Å². The van der Waals surface area contributed by atoms with E-state index >= 15 is 0 Å². The molecule has 152 valence electrons. The first kappa shape index (κ1) is 22.0. The van der Waals surface area contributed by atoms with Crippen LogP contribution in [0.2, 0.25) is 0 Å². The SMILES string of the molecule is CCN(CC(=O)NC(C)(C)C)Cc1csc(CC(=O)Nc2ccc(C)cc2)n1. The summed E-state index contributed by atoms with van der Waals surface area (Å²) in [7, 11) is 0. The number of likely N-dealkylation sites (N-methyl/N-ethyl adjacent to an activating group) is 1. The summed E-state index contributed by atoms with van der Waals surface area (Å²) in [6, 6.07) is 7.71. The summed E-state index contributed by atoms with van der Waals surface area (Å²) in [5.74, 6) is -0.0797. The second-order valence-electron chi connectivity index (χ2n) is 7.93. The molecule has 1 aromatic carbocycles. The fraction of sp³-hybridized carbons (Fsp3) is 0.476. The third-order valence-corrected chi connectivity index (χ3v) is 4.86. The third-order valence-electron chi connectivity index (χ3n) is 3.96. The molecule has 0 spiro atoms. The summed E-state index contributed by atoms with van der Waals surface area (Å²) in [6.45, 7) is 11.6. The van der Waals surface area contributed by atoms with Crippen molar-refractivity contribution in [3.8, 4) is 0 Å². The van der Waals surface area contributed by atoms with Gasteiger partial charge >= 0.3 is 0 Å². The molecule has 2 amide bonds. The number of nitrogens with one attached hydrogen (secondary N) is 2. The quantitative estimate of drug-likeness (QED) is 0.710. The lowest BCUT2D eigenvalue weighted by Gasteiger charge is -2.24. The van der Waals surface area contributed by atoms with Crippen molar-refractivity contribution in [2.75, 3.05) is 18.4 Å². The monoisotopic (exact) mass is 402 g/mol. The van der Waals surface area contributed by atoms with Gasteiger partial charge in [0.05, 0.1) is 18.7 Å². The zero-order chi connectivity index (χ0) is 20.7. The summed E-state index contributed by atoms with van der Waals surface area (Å²) < 4.78 is 0. The molecule has 28 heavy (non-hydrogen) atoms. The Labute approximate surface area is 171 Å². The molecule has 0 bridgehead atoms. The molecule has 2 rings (SSSR count). The predicted molar refractivity (Wildman–Crippen MR) is 114 cm³/mol. The lowest BCUT2D eigenvalue weighted by Crippen LogP contribution is -2.45. The average molecular weight is 403 g/mol. The van der Waals surface area contributed by atoms with Gasteiger partial charge in [0.15, 0.2) is 0 Å². The minimum absolute atomic E-state index is 0.00211. The van der Waals surface area contributed by atoms with E-state index in [9.17, 15) is 9.59 Å². The van der Waals surface area contributed by atoms with Crippen LogP contribution in [0.5, 0.6) is 0 Å². The first-order valence-corrected chi connectivity index (χ1v) is 10.4. The van der Waals surface area contributed by atoms with Crippen LogP contribution in [-0.4, -0.2) is 40.3 Å². The van der Waals surface area contributed by atoms with Crippen molar-refractivity contribution in [3.05, 3.63) is 45.9 Å². The van der Waals surface area contributed by atoms with Gasteiger partial charge in [-0.25, -0.2) is 4.98 Å². The largest absolute Gasteiger partial charge is 0.350 e. The van der Waals surface area contributed by atoms with Gasteiger partial charge in [-0.1, -0.05) is 24.6 Å². The maximum Gasteiger partial charge on any atom is 0.234 e. The highest BCUT2D eigenvalue weighted by molar-refractivity contribution is 7.09. The van der Waals surface area contributed by atoms with Crippen LogP contribution in [-0.2, 0) is 22.6 Å². The number of hydrogen-bond acceptors (Lipinski definition) is 5. The lowest BCUT2D eigenvalue weighted by molar-refractivity contribution is -0.123. The molecule has 0 radical (unpaired) electrons. The van der Waals surface area contributed by atoms with Crippen LogP contribution in [0.25, 0.3) is 0 Å². The van der Waals surface area contributed by atoms with Crippen LogP contribution in [0.1, 0.15) is 44.0 Å². The number of amides is 2. The Morgan fingerprint density at radius 1 is 1.14 bits per heavy atom. The number of aromatic nitrogens is 1. The Bertz CT molecular complexity index is 793. The van der Waals surface area contributed by atoms with Crippen molar-refractivity contribution in [1.29, 1.82) is 0 Å². The van der Waals surface area contributed by atoms with Gasteiger partial charge in [-0.15, -0.1) is 11.3 Å². The van der Waals surface area contributed by atoms with Gasteiger partial charge in [0.1, 0.15) is 5.01 Å². The third kappa shape index (κ3) is 7.78. The van der Waals surface area contributed by atoms with Crippen LogP contribution < -0.4 is 10.6 Å². The summed E-state index contributed by atoms with van der Waals surface area (Å²) in [4.78, 5) is 31.0. The Morgan fingerprint density at radius 3 is 2.43 bits per heavy atom. The van der Waals surface area contributed by atoms with Gasteiger partial charge in [-0.2, -0.15) is 0 Å². The van der Waals surface area contributed by atoms with Crippen LogP contribution in [0.15, 0.2) is 29.6 Å². The fourth-order valence-electron chi connectivity index (χ4n) is 2.65. The number of benzene rings is 1. The number of carbonyl (C=O) groups excluding carboxylic acids is 2. The van der Waals surface area contributed by atoms with Crippen LogP contribution in [0, 0.1) is 6.92 Å². The first-order chi connectivity index (χ1) is 13.1. The standard InChI is InChI=1S/C21H30N4O2S/c1-6-25(13-19(27)24-21(3,4)5)12-17-14-28-20(23-17)11-18(26)22-16-9-7-15(2)8-10-16/h7-10,14H,6,11-13H2,1-5H3,(H,22,26)(H,24,27). The minimum Gasteiger partial charge on any atom is -0.350 e. The van der Waals surface area contributed by atoms with Gasteiger partial charge in [0, 0.05) is 23.2 Å². The Balaban J connectivity index is 1.87. The fourth-order valence-corrected chi connectivity index (χ4v) is 3.44. The van der Waals surface area contributed by atoms with Crippen molar-refractivity contribution in [1.82, 2.24) is 15.2 Å². The topological polar surface area (TPSA) is 74.3 Å². The second kappa shape index (κ2) is 9.80. The van der Waals surface area contributed by atoms with E-state index in [1.165, 1.54) is 11.3 Å². The normalized spacial score (nSPS) is 11.5. The summed E-state index contributed by atoms with van der Waals surface area (Å²) in [5.41, 5.74) is 2.58. The molecular formula is C21H30N4O2S. The Kier molecular flexibility index (Phi) is 7.71. The first-order valence-electron chi connectivity index (χ1n) is 9.48. The van der Waals surface area contributed by atoms with Gasteiger partial charge in [0.25, 0.3) is 0 Å². The molecule has 0 aliphatic heterocycles. The molecule has 1 aromatic heterocycles. The minimum atomic E-state index is -0.241. The number of anilines is 1. The van der Waals surface area contributed by atoms with Crippen molar-refractivity contribution >= 4 is 28.8 Å². The molecule has 0 unspecified atom stereocenters. The number of thiazole rings is 1. The Hall–Kier alpha value is -2.25. The van der Waals surface area contributed by atoms with E-state index in [1.807, 2.05) is 69.2 Å². The zero-order valence-electron chi connectivity index (χ0n) is 17.3. The smallest absolute Gasteiger partial charge is 0.234 e. The number of hydrogen-bond donors (Lipinski definition) is 2. The van der Waals surface area contributed by atoms with Gasteiger partial charge in [-0.3, -0.25) is 14.5 Å². The van der Waals surface area contributed by atoms with E-state index in [0.717, 1.165) is 28.5 Å². The average Bonchev–Trinajstić information content (AvgIpc) is 3.01. The van der Waals surface area contributed by atoms with Crippen LogP contribution in [0.4, 0.5) is 5.69 Å². The second-order valence-corrected chi connectivity index (χ2v) is 8.87. The highest BCUT2D eigenvalue weighted by Crippen LogP contribution is 2.14. The predicted octanol–water partition coefficient (Wildman–Crippen LogP) is 3.37. The van der Waals surface area contributed by atoms with Crippen molar-refractivity contribution in [2.24, 2.45) is 0 Å². The van der Waals surface area contributed by atoms with E-state index < -0.39 is 0 Å². The lowest BCUT2D eigenvalue weighted by atomic mass is 10.1. The molecule has 6 nitrogen and oxygen atoms in total. The highest BCUT2D eigenvalue weighted by Gasteiger charge is 2.17. The highest BCUT2D eigenvalue weighted by atomic mass is 32.1. The molecule has 2 N–H and O–H groups in total. The van der Waals surface area contributed by atoms with E-state index in [-0.39, 0.29) is 23.8 Å². The summed E-state index contributed by atoms with van der Waals surface area (Å²) >= 11 is 1.47. The number of aryl methyl sites for hydroxylation is 1. The van der Waals surface area contributed by atoms with Crippen LogP contribution >= 0.6 is 11.3 Å². The van der Waals surface area contributed by atoms with Crippen molar-refractivity contribution in [2.45, 2.75) is 53.1 Å². The molecule has 0 aliphatic carbocycles. The molecular weight excluding hydrogens is 372 g/mol. The molecule has 0 atom stereocenters. The molecule has 0 fully saturated rings. The van der Waals surface area contributed by atoms with E-state index in [2.05, 4.69) is 15.6 Å². The molecule has 0 aliphatic rings. The van der Waals surface area contributed by atoms with E-state index in [0.29, 0.717) is 13.1 Å². The Morgan fingerprint density at radius 2 is 1.82 bits per heavy atom. The molecule has 1 heterocycles. The molecule has 2 aromatic rings. The summed E-state index contributed by atoms with van der Waals surface area (Å²) in [6.07, 6.45) is 0.245. The van der Waals surface area contributed by atoms with Gasteiger partial charge in [-0.05, 0) is 46.4 Å². The molecule has 7 heteroatoms. The maximum absolute atomic E-state index is 12.2. The van der Waals surface area contributed by atoms with Crippen LogP contribution in [0.3, 0.4) is 0 Å². The number of nitrogens with zero attached hydrogens (tertiary/aromatic N) is 2. The van der Waals surface area contributed by atoms with Gasteiger partial charge < -0.3 is 10.6 Å². The zero-order valence-corrected chi connectivity index (χ0v) is 18.2. The van der Waals surface area contributed by atoms with E-state index in [4.69, 9.17) is 0 Å². The maximum atomic E-state index is 12.2. The van der Waals surface area contributed by atoms with Crippen molar-refractivity contribution in [3.63, 3.8) is 0 Å². The van der Waals surface area contributed by atoms with Gasteiger partial charge in [0.2, 0.25) is 11.8 Å². The van der Waals surface area contributed by atoms with Crippen molar-refractivity contribution < 1.29 is 9.59 Å². The number of rotatable bonds is 8. The molecule has 0 saturated heterocycles. The summed E-state index contributed by atoms with van der Waals surface area (Å²) in [5, 5.41) is 8.60. The molecule has 0 saturated carbocycles.